The predicted molar refractivity (Wildman–Crippen MR) is 104 cm³/mol. The summed E-state index contributed by atoms with van der Waals surface area (Å²) in [5.74, 6) is -2.14. The molecule has 156 valence electrons. The number of nitrogens with zero attached hydrogens (tertiary/aromatic N) is 1. The van der Waals surface area contributed by atoms with E-state index in [0.717, 1.165) is 22.7 Å². The first-order valence-electron chi connectivity index (χ1n) is 9.20. The summed E-state index contributed by atoms with van der Waals surface area (Å²) in [5, 5.41) is 7.81. The van der Waals surface area contributed by atoms with Crippen LogP contribution < -0.4 is 16.0 Å². The number of hydrogen-bond donors (Lipinski definition) is 3. The van der Waals surface area contributed by atoms with Gasteiger partial charge in [-0.3, -0.25) is 19.3 Å². The van der Waals surface area contributed by atoms with Crippen LogP contribution in [0.1, 0.15) is 51.8 Å². The van der Waals surface area contributed by atoms with Crippen molar-refractivity contribution < 1.29 is 28.7 Å². The van der Waals surface area contributed by atoms with E-state index >= 15 is 0 Å². The molecular formula is C18H22N4O6S. The van der Waals surface area contributed by atoms with E-state index in [2.05, 4.69) is 16.0 Å². The molecule has 1 aromatic heterocycles. The molecule has 1 aromatic rings. The van der Waals surface area contributed by atoms with Crippen LogP contribution in [-0.4, -0.2) is 60.4 Å². The molecule has 3 N–H and O–H groups in total. The third kappa shape index (κ3) is 3.57. The molecule has 0 radical (unpaired) electrons. The Labute approximate surface area is 170 Å². The summed E-state index contributed by atoms with van der Waals surface area (Å²) in [7, 11) is 1.46. The third-order valence-electron chi connectivity index (χ3n) is 5.07. The Balaban J connectivity index is 1.80. The van der Waals surface area contributed by atoms with Crippen molar-refractivity contribution in [3.8, 4) is 0 Å². The van der Waals surface area contributed by atoms with Gasteiger partial charge in [0.1, 0.15) is 17.1 Å². The highest BCUT2D eigenvalue weighted by Gasteiger charge is 2.55. The molecule has 29 heavy (non-hydrogen) atoms. The van der Waals surface area contributed by atoms with Crippen LogP contribution in [0, 0.1) is 6.92 Å². The maximum atomic E-state index is 12.5. The highest BCUT2D eigenvalue weighted by molar-refractivity contribution is 7.18. The van der Waals surface area contributed by atoms with Crippen LogP contribution in [0.2, 0.25) is 0 Å². The minimum Gasteiger partial charge on any atom is -0.462 e. The molecule has 1 aliphatic heterocycles. The van der Waals surface area contributed by atoms with E-state index in [0.29, 0.717) is 18.4 Å². The van der Waals surface area contributed by atoms with E-state index in [1.165, 1.54) is 7.05 Å². The standard InChI is InChI=1S/C18H22N4O6S/c1-4-28-15(25)11-9(2)12(13(24)19-3)29-14(11)20-10(23)8-22-16(26)18(6-5-7-18)21-17(22)27/h4-8H2,1-3H3,(H,19,24)(H,20,23)(H,21,27). The van der Waals surface area contributed by atoms with Crippen LogP contribution in [0.3, 0.4) is 0 Å². The molecule has 10 nitrogen and oxygen atoms in total. The largest absolute Gasteiger partial charge is 0.462 e. The maximum Gasteiger partial charge on any atom is 0.341 e. The van der Waals surface area contributed by atoms with Crippen molar-refractivity contribution in [2.75, 3.05) is 25.5 Å². The summed E-state index contributed by atoms with van der Waals surface area (Å²) < 4.78 is 5.03. The lowest BCUT2D eigenvalue weighted by atomic mass is 9.77. The zero-order valence-corrected chi connectivity index (χ0v) is 17.2. The number of nitrogens with one attached hydrogen (secondary N) is 3. The number of carbonyl (C=O) groups is 5. The second-order valence-electron chi connectivity index (χ2n) is 6.87. The molecule has 2 fully saturated rings. The first-order valence-corrected chi connectivity index (χ1v) is 10.0. The number of imide groups is 1. The molecule has 2 heterocycles. The minimum absolute atomic E-state index is 0.0801. The van der Waals surface area contributed by atoms with E-state index in [9.17, 15) is 24.0 Å². The lowest BCUT2D eigenvalue weighted by Crippen LogP contribution is -2.52. The van der Waals surface area contributed by atoms with Crippen molar-refractivity contribution in [2.45, 2.75) is 38.6 Å². The van der Waals surface area contributed by atoms with Gasteiger partial charge in [-0.05, 0) is 38.7 Å². The van der Waals surface area contributed by atoms with Gasteiger partial charge in [-0.1, -0.05) is 0 Å². The number of hydrogen-bond acceptors (Lipinski definition) is 7. The molecule has 0 aromatic carbocycles. The Morgan fingerprint density at radius 3 is 2.48 bits per heavy atom. The number of carbonyl (C=O) groups excluding carboxylic acids is 5. The van der Waals surface area contributed by atoms with Gasteiger partial charge in [0.25, 0.3) is 11.8 Å². The molecule has 1 saturated carbocycles. The van der Waals surface area contributed by atoms with Crippen LogP contribution in [0.5, 0.6) is 0 Å². The number of anilines is 1. The second kappa shape index (κ2) is 7.82. The highest BCUT2D eigenvalue weighted by Crippen LogP contribution is 2.37. The third-order valence-corrected chi connectivity index (χ3v) is 6.27. The van der Waals surface area contributed by atoms with Gasteiger partial charge < -0.3 is 20.7 Å². The Hall–Kier alpha value is -2.95. The zero-order chi connectivity index (χ0) is 21.3. The fraction of sp³-hybridized carbons (Fsp3) is 0.500. The SMILES string of the molecule is CCOC(=O)c1c(NC(=O)CN2C(=O)NC3(CCC3)C2=O)sc(C(=O)NC)c1C. The molecule has 3 rings (SSSR count). The molecule has 0 bridgehead atoms. The number of ether oxygens (including phenoxy) is 1. The fourth-order valence-electron chi connectivity index (χ4n) is 3.38. The van der Waals surface area contributed by atoms with Crippen molar-refractivity contribution in [1.29, 1.82) is 0 Å². The van der Waals surface area contributed by atoms with E-state index < -0.39 is 41.8 Å². The van der Waals surface area contributed by atoms with Crippen LogP contribution in [-0.2, 0) is 14.3 Å². The molecule has 0 atom stereocenters. The van der Waals surface area contributed by atoms with Crippen molar-refractivity contribution in [3.05, 3.63) is 16.0 Å². The average molecular weight is 422 g/mol. The van der Waals surface area contributed by atoms with E-state index in [4.69, 9.17) is 4.74 Å². The van der Waals surface area contributed by atoms with Gasteiger partial charge >= 0.3 is 12.0 Å². The topological polar surface area (TPSA) is 134 Å². The Morgan fingerprint density at radius 1 is 1.28 bits per heavy atom. The van der Waals surface area contributed by atoms with E-state index in [1.807, 2.05) is 0 Å². The van der Waals surface area contributed by atoms with Gasteiger partial charge in [-0.15, -0.1) is 11.3 Å². The molecule has 11 heteroatoms. The molecule has 2 aliphatic rings. The van der Waals surface area contributed by atoms with Gasteiger partial charge in [0, 0.05) is 7.05 Å². The number of rotatable bonds is 6. The van der Waals surface area contributed by atoms with Gasteiger partial charge in [0.05, 0.1) is 17.0 Å². The van der Waals surface area contributed by atoms with Gasteiger partial charge in [0.15, 0.2) is 0 Å². The molecule has 5 amide bonds. The maximum absolute atomic E-state index is 12.5. The van der Waals surface area contributed by atoms with E-state index in [1.54, 1.807) is 13.8 Å². The summed E-state index contributed by atoms with van der Waals surface area (Å²) in [6.45, 7) is 2.87. The van der Waals surface area contributed by atoms with Gasteiger partial charge in [-0.2, -0.15) is 0 Å². The lowest BCUT2D eigenvalue weighted by Gasteiger charge is -2.34. The van der Waals surface area contributed by atoms with Crippen LogP contribution in [0.4, 0.5) is 9.80 Å². The lowest BCUT2D eigenvalue weighted by molar-refractivity contribution is -0.136. The second-order valence-corrected chi connectivity index (χ2v) is 7.89. The molecule has 1 aliphatic carbocycles. The summed E-state index contributed by atoms with van der Waals surface area (Å²) in [6, 6.07) is -0.608. The number of urea groups is 1. The molecule has 1 saturated heterocycles. The Morgan fingerprint density at radius 2 is 1.97 bits per heavy atom. The first kappa shape index (κ1) is 20.8. The monoisotopic (exact) mass is 422 g/mol. The van der Waals surface area contributed by atoms with Crippen molar-refractivity contribution >= 4 is 46.1 Å². The predicted octanol–water partition coefficient (Wildman–Crippen LogP) is 1.01. The quantitative estimate of drug-likeness (QED) is 0.463. The zero-order valence-electron chi connectivity index (χ0n) is 16.3. The molecular weight excluding hydrogens is 400 g/mol. The summed E-state index contributed by atoms with van der Waals surface area (Å²) >= 11 is 0.927. The number of amides is 5. The van der Waals surface area contributed by atoms with E-state index in [-0.39, 0.29) is 22.0 Å². The molecule has 1 spiro atoms. The number of thiophene rings is 1. The summed E-state index contributed by atoms with van der Waals surface area (Å²) in [4.78, 5) is 62.7. The van der Waals surface area contributed by atoms with Crippen molar-refractivity contribution in [3.63, 3.8) is 0 Å². The fourth-order valence-corrected chi connectivity index (χ4v) is 4.54. The minimum atomic E-state index is -0.876. The smallest absolute Gasteiger partial charge is 0.341 e. The van der Waals surface area contributed by atoms with Gasteiger partial charge in [-0.25, -0.2) is 9.59 Å². The Bertz CT molecular complexity index is 904. The Kier molecular flexibility index (Phi) is 5.60. The molecule has 0 unspecified atom stereocenters. The summed E-state index contributed by atoms with van der Waals surface area (Å²) in [6.07, 6.45) is 1.95. The van der Waals surface area contributed by atoms with Crippen molar-refractivity contribution in [1.82, 2.24) is 15.5 Å². The number of esters is 1. The normalized spacial score (nSPS) is 17.0. The highest BCUT2D eigenvalue weighted by atomic mass is 32.1. The summed E-state index contributed by atoms with van der Waals surface area (Å²) in [5.41, 5.74) is -0.415. The average Bonchev–Trinajstić information content (AvgIpc) is 3.09. The first-order chi connectivity index (χ1) is 13.7. The van der Waals surface area contributed by atoms with Crippen LogP contribution >= 0.6 is 11.3 Å². The van der Waals surface area contributed by atoms with Crippen LogP contribution in [0.25, 0.3) is 0 Å². The van der Waals surface area contributed by atoms with Gasteiger partial charge in [0.2, 0.25) is 5.91 Å². The van der Waals surface area contributed by atoms with Crippen molar-refractivity contribution in [2.24, 2.45) is 0 Å². The van der Waals surface area contributed by atoms with Crippen LogP contribution in [0.15, 0.2) is 0 Å².